The number of imidazole rings is 1. The predicted molar refractivity (Wildman–Crippen MR) is 137 cm³/mol. The number of nitrogens with one attached hydrogen (secondary N) is 2. The molecule has 0 atom stereocenters. The summed E-state index contributed by atoms with van der Waals surface area (Å²) in [5.41, 5.74) is 1.00. The molecule has 0 aliphatic carbocycles. The van der Waals surface area contributed by atoms with Crippen molar-refractivity contribution < 1.29 is 22.0 Å². The molecular formula is C24H20F2N6O3S2. The van der Waals surface area contributed by atoms with Crippen LogP contribution in [0.1, 0.15) is 35.0 Å². The SMILES string of the molecule is CCCS(=O)(=O)Nc1ccc(F)c(C(=O)c2c[nH]c3ncc(-c4csc(-n5cnc(C)c5)n4)cc23)c1F. The second-order valence-electron chi connectivity index (χ2n) is 8.29. The lowest BCUT2D eigenvalue weighted by atomic mass is 10.0. The van der Waals surface area contributed by atoms with E-state index in [-0.39, 0.29) is 11.3 Å². The molecule has 5 aromatic rings. The van der Waals surface area contributed by atoms with Gasteiger partial charge in [0.1, 0.15) is 17.8 Å². The molecule has 1 aromatic carbocycles. The third-order valence-electron chi connectivity index (χ3n) is 5.55. The topological polar surface area (TPSA) is 123 Å². The number of nitrogens with zero attached hydrogens (tertiary/aromatic N) is 4. The lowest BCUT2D eigenvalue weighted by molar-refractivity contribution is 0.103. The van der Waals surface area contributed by atoms with Crippen LogP contribution < -0.4 is 4.72 Å². The maximum Gasteiger partial charge on any atom is 0.232 e. The second kappa shape index (κ2) is 9.48. The molecule has 0 unspecified atom stereocenters. The van der Waals surface area contributed by atoms with E-state index in [4.69, 9.17) is 0 Å². The zero-order chi connectivity index (χ0) is 26.3. The number of anilines is 1. The molecule has 0 spiro atoms. The quantitative estimate of drug-likeness (QED) is 0.271. The number of fused-ring (bicyclic) bond motifs is 1. The Hall–Kier alpha value is -3.97. The van der Waals surface area contributed by atoms with Crippen LogP contribution in [0.2, 0.25) is 0 Å². The molecule has 0 saturated heterocycles. The van der Waals surface area contributed by atoms with Crippen molar-refractivity contribution in [3.05, 3.63) is 77.0 Å². The summed E-state index contributed by atoms with van der Waals surface area (Å²) in [6.07, 6.45) is 6.69. The van der Waals surface area contributed by atoms with Crippen LogP contribution in [-0.4, -0.2) is 44.5 Å². The molecule has 0 aliphatic rings. The Morgan fingerprint density at radius 1 is 1.24 bits per heavy atom. The zero-order valence-corrected chi connectivity index (χ0v) is 21.3. The van der Waals surface area contributed by atoms with Crippen LogP contribution >= 0.6 is 11.3 Å². The maximum atomic E-state index is 15.2. The Labute approximate surface area is 214 Å². The van der Waals surface area contributed by atoms with Crippen molar-refractivity contribution in [2.24, 2.45) is 0 Å². The smallest absolute Gasteiger partial charge is 0.232 e. The number of hydrogen-bond donors (Lipinski definition) is 2. The minimum Gasteiger partial charge on any atom is -0.345 e. The number of aromatic nitrogens is 5. The highest BCUT2D eigenvalue weighted by atomic mass is 32.2. The second-order valence-corrected chi connectivity index (χ2v) is 11.0. The van der Waals surface area contributed by atoms with Gasteiger partial charge in [0.2, 0.25) is 15.8 Å². The van der Waals surface area contributed by atoms with Gasteiger partial charge in [0.05, 0.1) is 28.4 Å². The number of ketones is 1. The first-order chi connectivity index (χ1) is 17.7. The minimum atomic E-state index is -3.86. The lowest BCUT2D eigenvalue weighted by Crippen LogP contribution is -2.18. The van der Waals surface area contributed by atoms with Gasteiger partial charge in [0, 0.05) is 40.5 Å². The molecule has 9 nitrogen and oxygen atoms in total. The van der Waals surface area contributed by atoms with Crippen molar-refractivity contribution in [2.75, 3.05) is 10.5 Å². The fourth-order valence-corrected chi connectivity index (χ4v) is 5.74. The fourth-order valence-electron chi connectivity index (χ4n) is 3.83. The number of benzene rings is 1. The van der Waals surface area contributed by atoms with Crippen molar-refractivity contribution in [1.82, 2.24) is 24.5 Å². The summed E-state index contributed by atoms with van der Waals surface area (Å²) in [7, 11) is -3.86. The van der Waals surface area contributed by atoms with Gasteiger partial charge in [-0.25, -0.2) is 32.2 Å². The van der Waals surface area contributed by atoms with Crippen LogP contribution in [0.25, 0.3) is 27.4 Å². The Bertz CT molecular complexity index is 1760. The van der Waals surface area contributed by atoms with Gasteiger partial charge in [-0.3, -0.25) is 14.1 Å². The van der Waals surface area contributed by atoms with E-state index in [0.29, 0.717) is 33.8 Å². The predicted octanol–water partition coefficient (Wildman–Crippen LogP) is 4.84. The third kappa shape index (κ3) is 4.74. The summed E-state index contributed by atoms with van der Waals surface area (Å²) in [5, 5.41) is 2.85. The van der Waals surface area contributed by atoms with E-state index in [1.807, 2.05) is 18.5 Å². The molecule has 4 heterocycles. The van der Waals surface area contributed by atoms with Gasteiger partial charge in [0.15, 0.2) is 10.9 Å². The van der Waals surface area contributed by atoms with Gasteiger partial charge in [-0.2, -0.15) is 0 Å². The van der Waals surface area contributed by atoms with Crippen LogP contribution in [0, 0.1) is 18.6 Å². The molecule has 13 heteroatoms. The molecule has 0 amide bonds. The van der Waals surface area contributed by atoms with Crippen molar-refractivity contribution in [3.63, 3.8) is 0 Å². The number of sulfonamides is 1. The first-order valence-corrected chi connectivity index (χ1v) is 13.7. The van der Waals surface area contributed by atoms with Gasteiger partial charge in [-0.15, -0.1) is 11.3 Å². The normalized spacial score (nSPS) is 11.8. The summed E-state index contributed by atoms with van der Waals surface area (Å²) < 4.78 is 58.0. The van der Waals surface area contributed by atoms with Gasteiger partial charge < -0.3 is 4.98 Å². The molecule has 0 aliphatic heterocycles. The van der Waals surface area contributed by atoms with Crippen molar-refractivity contribution in [2.45, 2.75) is 20.3 Å². The standard InChI is InChI=1S/C24H20F2N6O3S2/c1-3-6-37(34,35)31-18-5-4-17(25)20(21(18)26)22(33)16-9-28-23-15(16)7-14(8-27-23)19-11-36-24(30-19)32-10-13(2)29-12-32/h4-5,7-12,31H,3,6H2,1-2H3,(H,27,28). The van der Waals surface area contributed by atoms with Gasteiger partial charge >= 0.3 is 0 Å². The molecule has 0 fully saturated rings. The van der Waals surface area contributed by atoms with Crippen LogP contribution in [0.15, 0.2) is 48.5 Å². The van der Waals surface area contributed by atoms with Crippen molar-refractivity contribution >= 4 is 43.9 Å². The summed E-state index contributed by atoms with van der Waals surface area (Å²) >= 11 is 1.39. The van der Waals surface area contributed by atoms with Crippen LogP contribution in [-0.2, 0) is 10.0 Å². The highest BCUT2D eigenvalue weighted by Crippen LogP contribution is 2.30. The summed E-state index contributed by atoms with van der Waals surface area (Å²) in [5.74, 6) is -3.60. The molecule has 5 rings (SSSR count). The van der Waals surface area contributed by atoms with Crippen molar-refractivity contribution in [3.8, 4) is 16.4 Å². The van der Waals surface area contributed by atoms with Crippen LogP contribution in [0.3, 0.4) is 0 Å². The Morgan fingerprint density at radius 2 is 2.05 bits per heavy atom. The first-order valence-electron chi connectivity index (χ1n) is 11.1. The number of H-pyrrole nitrogens is 1. The minimum absolute atomic E-state index is 0.0172. The number of aromatic amines is 1. The van der Waals surface area contributed by atoms with Gasteiger partial charge in [-0.1, -0.05) is 6.92 Å². The zero-order valence-electron chi connectivity index (χ0n) is 19.6. The van der Waals surface area contributed by atoms with Gasteiger partial charge in [0.25, 0.3) is 0 Å². The fraction of sp³-hybridized carbons (Fsp3) is 0.167. The molecule has 190 valence electrons. The number of hydrogen-bond acceptors (Lipinski definition) is 7. The Morgan fingerprint density at radius 3 is 2.78 bits per heavy atom. The number of pyridine rings is 1. The van der Waals surface area contributed by atoms with E-state index in [2.05, 4.69) is 24.7 Å². The third-order valence-corrected chi connectivity index (χ3v) is 7.88. The average Bonchev–Trinajstić information content (AvgIpc) is 3.59. The number of carbonyl (C=O) groups excluding carboxylic acids is 1. The van der Waals surface area contributed by atoms with Crippen LogP contribution in [0.5, 0.6) is 0 Å². The molecule has 4 aromatic heterocycles. The van der Waals surface area contributed by atoms with E-state index in [0.717, 1.165) is 17.8 Å². The van der Waals surface area contributed by atoms with E-state index in [1.54, 1.807) is 30.1 Å². The summed E-state index contributed by atoms with van der Waals surface area (Å²) in [6, 6.07) is 3.46. The van der Waals surface area contributed by atoms with E-state index in [9.17, 15) is 17.6 Å². The van der Waals surface area contributed by atoms with E-state index < -0.39 is 38.7 Å². The molecule has 2 N–H and O–H groups in total. The van der Waals surface area contributed by atoms with Crippen molar-refractivity contribution in [1.29, 1.82) is 0 Å². The number of halogens is 2. The monoisotopic (exact) mass is 542 g/mol. The maximum absolute atomic E-state index is 15.2. The largest absolute Gasteiger partial charge is 0.345 e. The number of rotatable bonds is 8. The van der Waals surface area contributed by atoms with Crippen LogP contribution in [0.4, 0.5) is 14.5 Å². The van der Waals surface area contributed by atoms with E-state index >= 15 is 4.39 Å². The Balaban J connectivity index is 1.53. The number of carbonyl (C=O) groups is 1. The van der Waals surface area contributed by atoms with E-state index in [1.165, 1.54) is 17.5 Å². The first kappa shape index (κ1) is 24.7. The molecular weight excluding hydrogens is 522 g/mol. The van der Waals surface area contributed by atoms with Gasteiger partial charge in [-0.05, 0) is 31.5 Å². The highest BCUT2D eigenvalue weighted by Gasteiger charge is 2.26. The lowest BCUT2D eigenvalue weighted by Gasteiger charge is -2.11. The number of aryl methyl sites for hydroxylation is 1. The summed E-state index contributed by atoms with van der Waals surface area (Å²) in [6.45, 7) is 3.52. The average molecular weight is 543 g/mol. The number of thiazole rings is 1. The summed E-state index contributed by atoms with van der Waals surface area (Å²) in [4.78, 5) is 29.3. The Kier molecular flexibility index (Phi) is 6.33. The highest BCUT2D eigenvalue weighted by molar-refractivity contribution is 7.92. The molecule has 0 radical (unpaired) electrons. The molecule has 0 bridgehead atoms. The molecule has 37 heavy (non-hydrogen) atoms. The molecule has 0 saturated carbocycles.